The summed E-state index contributed by atoms with van der Waals surface area (Å²) in [5, 5.41) is 5.94. The monoisotopic (exact) mass is 568 g/mol. The lowest BCUT2D eigenvalue weighted by Gasteiger charge is -2.26. The lowest BCUT2D eigenvalue weighted by atomic mass is 10.2. The molecular formula is C28H31F3N8O2. The van der Waals surface area contributed by atoms with Gasteiger partial charge in [0, 0.05) is 32.4 Å². The highest BCUT2D eigenvalue weighted by Crippen LogP contribution is 2.38. The number of likely N-dealkylation sites (N-methyl/N-ethyl adjacent to an activating group) is 2. The Kier molecular flexibility index (Phi) is 8.47. The number of amides is 1. The number of ether oxygens (including phenoxy) is 1. The first-order chi connectivity index (χ1) is 19.4. The van der Waals surface area contributed by atoms with Gasteiger partial charge in [-0.1, -0.05) is 6.58 Å². The molecule has 0 aliphatic rings. The molecule has 0 aliphatic carbocycles. The van der Waals surface area contributed by atoms with Crippen molar-refractivity contribution in [3.8, 4) is 11.6 Å². The summed E-state index contributed by atoms with van der Waals surface area (Å²) in [5.74, 6) is 1.01. The molecule has 2 aromatic heterocycles. The molecule has 1 amide bonds. The molecule has 0 fully saturated rings. The predicted molar refractivity (Wildman–Crippen MR) is 153 cm³/mol. The molecule has 216 valence electrons. The number of carbonyl (C=O) groups is 1. The molecule has 4 aromatic rings. The van der Waals surface area contributed by atoms with Crippen LogP contribution in [0.25, 0.3) is 16.9 Å². The van der Waals surface area contributed by atoms with Gasteiger partial charge in [-0.3, -0.25) is 9.36 Å². The van der Waals surface area contributed by atoms with Gasteiger partial charge in [-0.15, -0.1) is 0 Å². The van der Waals surface area contributed by atoms with Crippen LogP contribution >= 0.6 is 0 Å². The lowest BCUT2D eigenvalue weighted by molar-refractivity contribution is -0.137. The molecule has 10 nitrogen and oxygen atoms in total. The summed E-state index contributed by atoms with van der Waals surface area (Å²) in [6.45, 7) is 6.68. The van der Waals surface area contributed by atoms with Crippen LogP contribution in [0.5, 0.6) is 5.75 Å². The van der Waals surface area contributed by atoms with Crippen molar-refractivity contribution in [3.05, 3.63) is 66.6 Å². The van der Waals surface area contributed by atoms with Gasteiger partial charge >= 0.3 is 6.18 Å². The van der Waals surface area contributed by atoms with Crippen LogP contribution in [0.15, 0.2) is 55.3 Å². The van der Waals surface area contributed by atoms with Crippen molar-refractivity contribution in [3.63, 3.8) is 0 Å². The summed E-state index contributed by atoms with van der Waals surface area (Å²) in [7, 11) is 7.37. The zero-order chi connectivity index (χ0) is 29.9. The van der Waals surface area contributed by atoms with E-state index in [9.17, 15) is 18.0 Å². The average Bonchev–Trinajstić information content (AvgIpc) is 3.26. The van der Waals surface area contributed by atoms with E-state index in [0.717, 1.165) is 24.4 Å². The Bertz CT molecular complexity index is 1580. The predicted octanol–water partition coefficient (Wildman–Crippen LogP) is 5.02. The molecule has 2 aromatic carbocycles. The number of hydrogen-bond donors (Lipinski definition) is 2. The Morgan fingerprint density at radius 1 is 1.10 bits per heavy atom. The summed E-state index contributed by atoms with van der Waals surface area (Å²) in [6.07, 6.45) is -1.84. The largest absolute Gasteiger partial charge is 0.494 e. The number of aryl methyl sites for hydroxylation is 1. The second-order valence-corrected chi connectivity index (χ2v) is 9.55. The molecule has 41 heavy (non-hydrogen) atoms. The van der Waals surface area contributed by atoms with E-state index >= 15 is 0 Å². The fourth-order valence-electron chi connectivity index (χ4n) is 4.22. The van der Waals surface area contributed by atoms with Crippen molar-refractivity contribution < 1.29 is 22.7 Å². The maximum atomic E-state index is 13.4. The van der Waals surface area contributed by atoms with Gasteiger partial charge in [0.1, 0.15) is 17.4 Å². The number of nitrogens with zero attached hydrogens (tertiary/aromatic N) is 6. The Morgan fingerprint density at radius 2 is 1.85 bits per heavy atom. The average molecular weight is 569 g/mol. The third-order valence-electron chi connectivity index (χ3n) is 6.32. The van der Waals surface area contributed by atoms with Crippen LogP contribution in [-0.4, -0.2) is 71.7 Å². The number of benzene rings is 2. The molecule has 0 saturated carbocycles. The van der Waals surface area contributed by atoms with Gasteiger partial charge in [0.15, 0.2) is 0 Å². The molecule has 0 saturated heterocycles. The fourth-order valence-corrected chi connectivity index (χ4v) is 4.22. The van der Waals surface area contributed by atoms with Crippen LogP contribution in [0.4, 0.5) is 36.2 Å². The van der Waals surface area contributed by atoms with Crippen LogP contribution in [0.2, 0.25) is 0 Å². The number of halogens is 3. The number of hydrogen-bond acceptors (Lipinski definition) is 8. The fraction of sp³-hybridized carbons (Fsp3) is 0.286. The third-order valence-corrected chi connectivity index (χ3v) is 6.32. The highest BCUT2D eigenvalue weighted by Gasteiger charge is 2.31. The van der Waals surface area contributed by atoms with E-state index in [4.69, 9.17) is 4.74 Å². The van der Waals surface area contributed by atoms with Crippen LogP contribution in [0.1, 0.15) is 11.4 Å². The zero-order valence-corrected chi connectivity index (χ0v) is 23.4. The molecule has 0 radical (unpaired) electrons. The number of fused-ring (bicyclic) bond motifs is 1. The normalized spacial score (nSPS) is 11.5. The van der Waals surface area contributed by atoms with E-state index in [-0.39, 0.29) is 17.4 Å². The van der Waals surface area contributed by atoms with Crippen molar-refractivity contribution in [2.45, 2.75) is 13.1 Å². The highest BCUT2D eigenvalue weighted by molar-refractivity contribution is 6.02. The topological polar surface area (TPSA) is 100 Å². The Labute approximate surface area is 235 Å². The molecule has 0 atom stereocenters. The van der Waals surface area contributed by atoms with E-state index in [1.165, 1.54) is 30.0 Å². The number of nitrogens with one attached hydrogen (secondary N) is 2. The second kappa shape index (κ2) is 11.8. The van der Waals surface area contributed by atoms with Gasteiger partial charge in [0.25, 0.3) is 0 Å². The molecule has 0 spiro atoms. The summed E-state index contributed by atoms with van der Waals surface area (Å²) in [5.41, 5.74) is 1.57. The van der Waals surface area contributed by atoms with Crippen molar-refractivity contribution in [2.75, 3.05) is 56.9 Å². The van der Waals surface area contributed by atoms with Gasteiger partial charge in [0.05, 0.1) is 40.8 Å². The summed E-state index contributed by atoms with van der Waals surface area (Å²) in [4.78, 5) is 29.5. The van der Waals surface area contributed by atoms with E-state index in [0.29, 0.717) is 40.8 Å². The first-order valence-corrected chi connectivity index (χ1v) is 12.6. The van der Waals surface area contributed by atoms with E-state index in [1.54, 1.807) is 25.1 Å². The van der Waals surface area contributed by atoms with Crippen molar-refractivity contribution in [2.24, 2.45) is 0 Å². The number of rotatable bonds is 10. The molecule has 2 N–H and O–H groups in total. The number of anilines is 4. The van der Waals surface area contributed by atoms with Gasteiger partial charge in [-0.25, -0.2) is 9.97 Å². The summed E-state index contributed by atoms with van der Waals surface area (Å²) in [6, 6.07) is 8.45. The number of carbonyl (C=O) groups excluding carboxylic acids is 1. The van der Waals surface area contributed by atoms with Crippen molar-refractivity contribution >= 4 is 40.0 Å². The second-order valence-electron chi connectivity index (χ2n) is 9.55. The van der Waals surface area contributed by atoms with Crippen LogP contribution in [-0.2, 0) is 11.0 Å². The SMILES string of the molecule is C=CC(=O)Nc1cc(Nc2nccc(-n3c(C)nc4ccc(C(F)(F)F)cc43)n2)c(OC)cc1N(C)CCN(C)C. The van der Waals surface area contributed by atoms with Gasteiger partial charge < -0.3 is 25.2 Å². The smallest absolute Gasteiger partial charge is 0.416 e. The number of alkyl halides is 3. The molecule has 2 heterocycles. The minimum Gasteiger partial charge on any atom is -0.494 e. The Balaban J connectivity index is 1.74. The molecule has 0 unspecified atom stereocenters. The molecule has 0 aliphatic heterocycles. The first-order valence-electron chi connectivity index (χ1n) is 12.6. The van der Waals surface area contributed by atoms with Crippen molar-refractivity contribution in [1.29, 1.82) is 0 Å². The van der Waals surface area contributed by atoms with E-state index in [1.807, 2.05) is 30.9 Å². The van der Waals surface area contributed by atoms with Crippen LogP contribution in [0, 0.1) is 6.92 Å². The maximum Gasteiger partial charge on any atom is 0.416 e. The number of aromatic nitrogens is 4. The molecule has 0 bridgehead atoms. The van der Waals surface area contributed by atoms with E-state index in [2.05, 4.69) is 32.2 Å². The number of imidazole rings is 1. The van der Waals surface area contributed by atoms with E-state index < -0.39 is 11.7 Å². The summed E-state index contributed by atoms with van der Waals surface area (Å²) < 4.78 is 47.4. The highest BCUT2D eigenvalue weighted by atomic mass is 19.4. The maximum absolute atomic E-state index is 13.4. The van der Waals surface area contributed by atoms with Gasteiger partial charge in [-0.05, 0) is 57.4 Å². The Hall–Kier alpha value is -4.65. The molecule has 4 rings (SSSR count). The standard InChI is InChI=1S/C28H31F3N8O2/c1-7-26(40)34-20-15-21(24(41-6)16-22(20)38(5)13-12-37(3)4)35-27-32-11-10-25(36-27)39-17(2)33-19-9-8-18(14-23(19)39)28(29,30)31/h7-11,14-16H,1,12-13H2,2-6H3,(H,34,40)(H,32,35,36). The third kappa shape index (κ3) is 6.57. The number of methoxy groups -OCH3 is 1. The van der Waals surface area contributed by atoms with Gasteiger partial charge in [-0.2, -0.15) is 18.2 Å². The Morgan fingerprint density at radius 3 is 2.51 bits per heavy atom. The lowest BCUT2D eigenvalue weighted by Crippen LogP contribution is -2.29. The van der Waals surface area contributed by atoms with Gasteiger partial charge in [0.2, 0.25) is 11.9 Å². The van der Waals surface area contributed by atoms with Crippen LogP contribution < -0.4 is 20.3 Å². The zero-order valence-electron chi connectivity index (χ0n) is 23.4. The van der Waals surface area contributed by atoms with Crippen molar-refractivity contribution in [1.82, 2.24) is 24.4 Å². The first kappa shape index (κ1) is 29.3. The minimum atomic E-state index is -4.50. The molecular weight excluding hydrogens is 537 g/mol. The quantitative estimate of drug-likeness (QED) is 0.258. The minimum absolute atomic E-state index is 0.156. The summed E-state index contributed by atoms with van der Waals surface area (Å²) >= 11 is 0. The molecule has 13 heteroatoms. The van der Waals surface area contributed by atoms with Crippen LogP contribution in [0.3, 0.4) is 0 Å².